The summed E-state index contributed by atoms with van der Waals surface area (Å²) in [5, 5.41) is 0. The molecule has 0 heterocycles. The van der Waals surface area contributed by atoms with E-state index in [-0.39, 0.29) is 16.4 Å². The van der Waals surface area contributed by atoms with Crippen LogP contribution in [0.15, 0.2) is 29.2 Å². The molecular formula is C11H17N3O2S. The van der Waals surface area contributed by atoms with Crippen LogP contribution in [0.4, 0.5) is 5.69 Å². The van der Waals surface area contributed by atoms with Crippen molar-refractivity contribution in [3.8, 4) is 0 Å². The Kier molecular flexibility index (Phi) is 2.89. The lowest BCUT2D eigenvalue weighted by atomic mass is 10.2. The average molecular weight is 255 g/mol. The predicted octanol–water partition coefficient (Wildman–Crippen LogP) is 1.05. The first-order valence-corrected chi connectivity index (χ1v) is 6.93. The molecule has 1 aromatic rings. The molecule has 6 heteroatoms. The van der Waals surface area contributed by atoms with Gasteiger partial charge >= 0.3 is 0 Å². The summed E-state index contributed by atoms with van der Waals surface area (Å²) < 4.78 is 27.0. The largest absolute Gasteiger partial charge is 0.323 e. The van der Waals surface area contributed by atoms with Crippen LogP contribution in [-0.4, -0.2) is 14.5 Å². The molecule has 1 aliphatic rings. The van der Waals surface area contributed by atoms with Gasteiger partial charge in [-0.15, -0.1) is 0 Å². The number of benzene rings is 1. The third-order valence-corrected chi connectivity index (χ3v) is 4.67. The lowest BCUT2D eigenvalue weighted by Crippen LogP contribution is -2.29. The van der Waals surface area contributed by atoms with E-state index in [1.165, 1.54) is 6.07 Å². The summed E-state index contributed by atoms with van der Waals surface area (Å²) in [4.78, 5) is 0.185. The van der Waals surface area contributed by atoms with Crippen LogP contribution in [0.1, 0.15) is 20.3 Å². The lowest BCUT2D eigenvalue weighted by Gasteiger charge is -2.11. The molecule has 17 heavy (non-hydrogen) atoms. The second-order valence-electron chi connectivity index (χ2n) is 5.01. The third kappa shape index (κ3) is 2.43. The third-order valence-electron chi connectivity index (χ3n) is 3.14. The van der Waals surface area contributed by atoms with Gasteiger partial charge in [0.15, 0.2) is 0 Å². The molecule has 0 saturated heterocycles. The first kappa shape index (κ1) is 12.3. The second-order valence-corrected chi connectivity index (χ2v) is 6.69. The summed E-state index contributed by atoms with van der Waals surface area (Å²) in [6, 6.07) is 6.58. The highest BCUT2D eigenvalue weighted by Gasteiger charge is 2.48. The smallest absolute Gasteiger partial charge is 0.242 e. The van der Waals surface area contributed by atoms with Crippen molar-refractivity contribution in [1.82, 2.24) is 4.72 Å². The zero-order chi connectivity index (χ0) is 12.7. The van der Waals surface area contributed by atoms with Gasteiger partial charge in [-0.3, -0.25) is 5.84 Å². The van der Waals surface area contributed by atoms with Gasteiger partial charge in [0.05, 0.1) is 5.69 Å². The highest BCUT2D eigenvalue weighted by atomic mass is 32.2. The van der Waals surface area contributed by atoms with Crippen LogP contribution < -0.4 is 16.0 Å². The minimum absolute atomic E-state index is 0.0123. The second kappa shape index (κ2) is 3.97. The van der Waals surface area contributed by atoms with E-state index in [4.69, 9.17) is 5.84 Å². The number of nitrogen functional groups attached to an aromatic ring is 1. The Bertz CT molecular complexity index is 525. The zero-order valence-corrected chi connectivity index (χ0v) is 10.7. The monoisotopic (exact) mass is 255 g/mol. The van der Waals surface area contributed by atoms with Gasteiger partial charge in [0.25, 0.3) is 0 Å². The van der Waals surface area contributed by atoms with Crippen LogP contribution in [0.5, 0.6) is 0 Å². The topological polar surface area (TPSA) is 84.2 Å². The molecule has 0 aliphatic heterocycles. The number of hydrogen-bond donors (Lipinski definition) is 3. The van der Waals surface area contributed by atoms with Crippen LogP contribution in [0.2, 0.25) is 0 Å². The molecule has 1 unspecified atom stereocenters. The fourth-order valence-corrected chi connectivity index (χ4v) is 3.32. The maximum absolute atomic E-state index is 12.1. The SMILES string of the molecule is CC1(C)CC1NS(=O)(=O)c1ccccc1NN. The molecular weight excluding hydrogens is 238 g/mol. The fourth-order valence-electron chi connectivity index (χ4n) is 1.74. The summed E-state index contributed by atoms with van der Waals surface area (Å²) in [5.74, 6) is 5.30. The first-order chi connectivity index (χ1) is 7.87. The maximum atomic E-state index is 12.1. The van der Waals surface area contributed by atoms with Gasteiger partial charge in [0, 0.05) is 6.04 Å². The van der Waals surface area contributed by atoms with Crippen molar-refractivity contribution >= 4 is 15.7 Å². The fraction of sp³-hybridized carbons (Fsp3) is 0.455. The Balaban J connectivity index is 2.26. The molecule has 1 aromatic carbocycles. The van der Waals surface area contributed by atoms with Crippen molar-refractivity contribution < 1.29 is 8.42 Å². The summed E-state index contributed by atoms with van der Waals surface area (Å²) in [5.41, 5.74) is 2.85. The average Bonchev–Trinajstić information content (AvgIpc) is 2.85. The van der Waals surface area contributed by atoms with Crippen molar-refractivity contribution in [2.24, 2.45) is 11.3 Å². The van der Waals surface area contributed by atoms with Gasteiger partial charge in [0.1, 0.15) is 4.90 Å². The molecule has 5 nitrogen and oxygen atoms in total. The van der Waals surface area contributed by atoms with Gasteiger partial charge in [-0.25, -0.2) is 13.1 Å². The molecule has 2 rings (SSSR count). The number of para-hydroxylation sites is 1. The summed E-state index contributed by atoms with van der Waals surface area (Å²) in [6.07, 6.45) is 0.866. The van der Waals surface area contributed by atoms with Crippen LogP contribution in [0.3, 0.4) is 0 Å². The van der Waals surface area contributed by atoms with Gasteiger partial charge in [-0.2, -0.15) is 0 Å². The zero-order valence-electron chi connectivity index (χ0n) is 9.90. The Morgan fingerprint density at radius 2 is 1.94 bits per heavy atom. The predicted molar refractivity (Wildman–Crippen MR) is 66.8 cm³/mol. The molecule has 1 atom stereocenters. The first-order valence-electron chi connectivity index (χ1n) is 5.45. The molecule has 0 bridgehead atoms. The maximum Gasteiger partial charge on any atom is 0.242 e. The molecule has 1 aliphatic carbocycles. The normalized spacial score (nSPS) is 22.2. The number of hydrogen-bond acceptors (Lipinski definition) is 4. The standard InChI is InChI=1S/C11H17N3O2S/c1-11(2)7-10(11)14-17(15,16)9-6-4-3-5-8(9)13-12/h3-6,10,13-14H,7,12H2,1-2H3. The number of nitrogens with two attached hydrogens (primary N) is 1. The van der Waals surface area contributed by atoms with Gasteiger partial charge in [0.2, 0.25) is 10.0 Å². The van der Waals surface area contributed by atoms with Gasteiger partial charge in [-0.1, -0.05) is 26.0 Å². The Hall–Kier alpha value is -1.11. The summed E-state index contributed by atoms with van der Waals surface area (Å²) >= 11 is 0. The van der Waals surface area contributed by atoms with E-state index in [1.54, 1.807) is 18.2 Å². The quantitative estimate of drug-likeness (QED) is 0.554. The van der Waals surface area contributed by atoms with E-state index in [0.717, 1.165) is 6.42 Å². The number of sulfonamides is 1. The highest BCUT2D eigenvalue weighted by Crippen LogP contribution is 2.45. The molecule has 0 radical (unpaired) electrons. The highest BCUT2D eigenvalue weighted by molar-refractivity contribution is 7.89. The van der Waals surface area contributed by atoms with E-state index in [1.807, 2.05) is 13.8 Å². The molecule has 0 aromatic heterocycles. The molecule has 0 spiro atoms. The van der Waals surface area contributed by atoms with Crippen molar-refractivity contribution in [2.45, 2.75) is 31.2 Å². The molecule has 0 amide bonds. The number of hydrazine groups is 1. The van der Waals surface area contributed by atoms with Crippen LogP contribution >= 0.6 is 0 Å². The Morgan fingerprint density at radius 3 is 2.47 bits per heavy atom. The van der Waals surface area contributed by atoms with E-state index >= 15 is 0 Å². The minimum Gasteiger partial charge on any atom is -0.323 e. The lowest BCUT2D eigenvalue weighted by molar-refractivity contribution is 0.555. The Morgan fingerprint density at radius 1 is 1.35 bits per heavy atom. The van der Waals surface area contributed by atoms with Crippen molar-refractivity contribution in [2.75, 3.05) is 5.43 Å². The van der Waals surface area contributed by atoms with Crippen LogP contribution in [0.25, 0.3) is 0 Å². The van der Waals surface area contributed by atoms with Crippen molar-refractivity contribution in [1.29, 1.82) is 0 Å². The van der Waals surface area contributed by atoms with Crippen LogP contribution in [-0.2, 0) is 10.0 Å². The van der Waals surface area contributed by atoms with Gasteiger partial charge in [-0.05, 0) is 24.0 Å². The van der Waals surface area contributed by atoms with Crippen molar-refractivity contribution in [3.63, 3.8) is 0 Å². The summed E-state index contributed by atoms with van der Waals surface area (Å²) in [7, 11) is -3.50. The molecule has 1 fully saturated rings. The Labute approximate surface area is 101 Å². The van der Waals surface area contributed by atoms with Gasteiger partial charge < -0.3 is 5.43 Å². The number of anilines is 1. The molecule has 94 valence electrons. The molecule has 1 saturated carbocycles. The van der Waals surface area contributed by atoms with Crippen LogP contribution in [0, 0.1) is 5.41 Å². The van der Waals surface area contributed by atoms with E-state index in [2.05, 4.69) is 10.1 Å². The van der Waals surface area contributed by atoms with E-state index < -0.39 is 10.0 Å². The molecule has 4 N–H and O–H groups in total. The summed E-state index contributed by atoms with van der Waals surface area (Å²) in [6.45, 7) is 4.07. The minimum atomic E-state index is -3.50. The number of rotatable bonds is 4. The van der Waals surface area contributed by atoms with E-state index in [9.17, 15) is 8.42 Å². The van der Waals surface area contributed by atoms with Crippen molar-refractivity contribution in [3.05, 3.63) is 24.3 Å². The van der Waals surface area contributed by atoms with E-state index in [0.29, 0.717) is 5.69 Å². The number of nitrogens with one attached hydrogen (secondary N) is 2.